The first-order valence-electron chi connectivity index (χ1n) is 24.3. The maximum atomic E-state index is 13.5. The number of nitrogens with one attached hydrogen (secondary N) is 1. The number of benzene rings is 5. The Morgan fingerprint density at radius 2 is 1.19 bits per heavy atom. The first-order valence-corrected chi connectivity index (χ1v) is 26.4. The second-order valence-corrected chi connectivity index (χ2v) is 25.5. The molecule has 0 saturated carbocycles. The number of para-hydroxylation sites is 2. The van der Waals surface area contributed by atoms with Crippen molar-refractivity contribution in [3.8, 4) is 11.5 Å². The summed E-state index contributed by atoms with van der Waals surface area (Å²) in [4.78, 5) is 59.0. The summed E-state index contributed by atoms with van der Waals surface area (Å²) >= 11 is 0. The number of aromatic hydroxyl groups is 1. The number of hydrogen-bond acceptors (Lipinski definition) is 8. The van der Waals surface area contributed by atoms with Crippen LogP contribution < -0.4 is 4.43 Å². The second kappa shape index (κ2) is 19.6. The molecule has 10 rings (SSSR count). The van der Waals surface area contributed by atoms with Crippen LogP contribution in [0.25, 0.3) is 32.8 Å². The van der Waals surface area contributed by atoms with Gasteiger partial charge in [0.25, 0.3) is 20.1 Å². The van der Waals surface area contributed by atoms with Gasteiger partial charge in [-0.1, -0.05) is 77.9 Å². The fraction of sp³-hybridized carbons (Fsp3) is 0.298. The van der Waals surface area contributed by atoms with Crippen LogP contribution in [0.1, 0.15) is 113 Å². The zero-order chi connectivity index (χ0) is 51.3. The minimum absolute atomic E-state index is 0.0824. The van der Waals surface area contributed by atoms with E-state index in [0.717, 1.165) is 55.6 Å². The van der Waals surface area contributed by atoms with E-state index in [0.29, 0.717) is 76.8 Å². The van der Waals surface area contributed by atoms with Crippen molar-refractivity contribution in [2.45, 2.75) is 96.9 Å². The molecule has 0 radical (unpaired) electrons. The van der Waals surface area contributed by atoms with Gasteiger partial charge in [0, 0.05) is 56.8 Å². The predicted octanol–water partition coefficient (Wildman–Crippen LogP) is 11.5. The largest absolute Gasteiger partial charge is 0.541 e. The van der Waals surface area contributed by atoms with Crippen molar-refractivity contribution in [2.75, 3.05) is 14.1 Å². The molecule has 2 amide bonds. The Kier molecular flexibility index (Phi) is 13.5. The van der Waals surface area contributed by atoms with Crippen LogP contribution in [-0.2, 0) is 43.6 Å². The van der Waals surface area contributed by atoms with Crippen molar-refractivity contribution in [2.24, 2.45) is 0 Å². The van der Waals surface area contributed by atoms with Gasteiger partial charge in [-0.05, 0) is 123 Å². The molecular weight excluding hydrogens is 931 g/mol. The summed E-state index contributed by atoms with van der Waals surface area (Å²) in [5, 5.41) is 22.3. The van der Waals surface area contributed by atoms with Crippen LogP contribution in [0.15, 0.2) is 97.3 Å². The molecular formula is C57H58F2N6O6Si. The van der Waals surface area contributed by atoms with Crippen molar-refractivity contribution >= 4 is 58.9 Å². The molecule has 0 atom stereocenters. The minimum Gasteiger partial charge on any atom is -0.541 e. The van der Waals surface area contributed by atoms with Crippen LogP contribution in [-0.4, -0.2) is 80.1 Å². The van der Waals surface area contributed by atoms with E-state index >= 15 is 0 Å². The Morgan fingerprint density at radius 3 is 1.72 bits per heavy atom. The summed E-state index contributed by atoms with van der Waals surface area (Å²) in [7, 11) is 0.984. The van der Waals surface area contributed by atoms with Crippen LogP contribution in [0.3, 0.4) is 0 Å². The van der Waals surface area contributed by atoms with Crippen LogP contribution in [0, 0.1) is 11.6 Å². The first kappa shape index (κ1) is 49.5. The molecule has 15 heteroatoms. The molecule has 0 spiro atoms. The maximum Gasteiger partial charge on any atom is 0.307 e. The quantitative estimate of drug-likeness (QED) is 0.0955. The van der Waals surface area contributed by atoms with E-state index in [1.165, 1.54) is 24.3 Å². The van der Waals surface area contributed by atoms with Gasteiger partial charge in [-0.3, -0.25) is 24.4 Å². The molecule has 0 fully saturated rings. The summed E-state index contributed by atoms with van der Waals surface area (Å²) in [6.07, 6.45) is 4.79. The predicted molar refractivity (Wildman–Crippen MR) is 277 cm³/mol. The molecule has 72 heavy (non-hydrogen) atoms. The highest BCUT2D eigenvalue weighted by atomic mass is 28.4. The summed E-state index contributed by atoms with van der Waals surface area (Å²) in [5.41, 5.74) is 11.1. The number of carboxylic acid groups (broad SMARTS) is 1. The number of carboxylic acids is 1. The van der Waals surface area contributed by atoms with Crippen LogP contribution in [0.4, 0.5) is 8.78 Å². The number of pyridine rings is 2. The number of hydrogen-bond donors (Lipinski definition) is 3. The SMILES string of the molecule is CC(C)[Si](Oc1c2c(c(CC(=O)O)c3cc(Cc4ccc(F)cc4)cnc13)CN(C)C2=O)(C(C)C)C(C)C.CN1Cc2c(c(O)c3ncc(Cc4ccc(F)cc4)cc3c2Cc2nc3ccccc3[nH]2)C1=O. The zero-order valence-electron chi connectivity index (χ0n) is 41.7. The lowest BCUT2D eigenvalue weighted by Gasteiger charge is -2.42. The van der Waals surface area contributed by atoms with Gasteiger partial charge in [0.2, 0.25) is 0 Å². The van der Waals surface area contributed by atoms with E-state index in [1.54, 1.807) is 60.6 Å². The van der Waals surface area contributed by atoms with Gasteiger partial charge in [-0.15, -0.1) is 0 Å². The number of phenols is 1. The fourth-order valence-electron chi connectivity index (χ4n) is 11.1. The Balaban J connectivity index is 0.000000179. The third kappa shape index (κ3) is 9.17. The normalized spacial score (nSPS) is 13.5. The zero-order valence-corrected chi connectivity index (χ0v) is 42.7. The molecule has 2 aliphatic heterocycles. The smallest absolute Gasteiger partial charge is 0.307 e. The molecule has 5 aromatic carbocycles. The third-order valence-corrected chi connectivity index (χ3v) is 20.4. The van der Waals surface area contributed by atoms with Crippen LogP contribution in [0.5, 0.6) is 11.5 Å². The lowest BCUT2D eigenvalue weighted by atomic mass is 9.93. The molecule has 3 N–H and O–H groups in total. The number of halogens is 2. The molecule has 0 bridgehead atoms. The number of rotatable bonds is 13. The van der Waals surface area contributed by atoms with Gasteiger partial charge in [-0.25, -0.2) is 13.8 Å². The molecule has 0 saturated heterocycles. The number of aromatic nitrogens is 4. The van der Waals surface area contributed by atoms with E-state index < -0.39 is 14.3 Å². The van der Waals surface area contributed by atoms with Gasteiger partial charge in [0.15, 0.2) is 5.75 Å². The van der Waals surface area contributed by atoms with Crippen molar-refractivity contribution in [3.63, 3.8) is 0 Å². The Morgan fingerprint density at radius 1 is 0.694 bits per heavy atom. The van der Waals surface area contributed by atoms with Gasteiger partial charge in [-0.2, -0.15) is 0 Å². The molecule has 0 aliphatic carbocycles. The number of carbonyl (C=O) groups is 3. The third-order valence-electron chi connectivity index (χ3n) is 14.4. The highest BCUT2D eigenvalue weighted by molar-refractivity contribution is 6.78. The highest BCUT2D eigenvalue weighted by Crippen LogP contribution is 2.48. The Hall–Kier alpha value is -7.52. The lowest BCUT2D eigenvalue weighted by molar-refractivity contribution is -0.136. The Bertz CT molecular complexity index is 3380. The first-order chi connectivity index (χ1) is 34.3. The number of phenolic OH excluding ortho intramolecular Hbond substituents is 1. The number of fused-ring (bicyclic) bond motifs is 5. The molecule has 2 aliphatic rings. The fourth-order valence-corrected chi connectivity index (χ4v) is 16.4. The van der Waals surface area contributed by atoms with Gasteiger partial charge < -0.3 is 29.4 Å². The monoisotopic (exact) mass is 988 g/mol. The van der Waals surface area contributed by atoms with E-state index in [4.69, 9.17) is 14.4 Å². The maximum absolute atomic E-state index is 13.5. The van der Waals surface area contributed by atoms with Crippen LogP contribution in [0.2, 0.25) is 16.6 Å². The molecule has 3 aromatic heterocycles. The number of H-pyrrole nitrogens is 1. The molecule has 370 valence electrons. The van der Waals surface area contributed by atoms with E-state index in [2.05, 4.69) is 51.5 Å². The van der Waals surface area contributed by atoms with Gasteiger partial charge in [0.05, 0.1) is 28.6 Å². The summed E-state index contributed by atoms with van der Waals surface area (Å²) < 4.78 is 33.9. The number of nitrogens with zero attached hydrogens (tertiary/aromatic N) is 5. The standard InChI is InChI=1S/C30H37FN2O4Si.C27H21FN4O2/c1-17(2)38(18(3)4,19(5)6)37-29-27-25(16-33(7)30(27)36)23(14-26(34)35)24-13-21(15-32-28(24)29)12-20-8-10-22(31)11-9-20;1-32-14-20-18(12-23-30-21-4-2-3-5-22(21)31-23)19-11-16(10-15-6-8-17(28)9-7-15)13-29-25(19)26(33)24(20)27(32)34/h8-11,13,15,17-19H,12,14,16H2,1-7H3,(H,34,35);2-9,11,13,33H,10,12,14H2,1H3,(H,30,31). The minimum atomic E-state index is -2.47. The number of aliphatic carboxylic acids is 1. The average Bonchev–Trinajstić information content (AvgIpc) is 3.99. The van der Waals surface area contributed by atoms with Crippen molar-refractivity contribution in [1.82, 2.24) is 29.7 Å². The summed E-state index contributed by atoms with van der Waals surface area (Å²) in [6, 6.07) is 24.5. The van der Waals surface area contributed by atoms with Crippen molar-refractivity contribution < 1.29 is 37.8 Å². The van der Waals surface area contributed by atoms with E-state index in [-0.39, 0.29) is 52.2 Å². The molecule has 12 nitrogen and oxygen atoms in total. The molecule has 8 aromatic rings. The van der Waals surface area contributed by atoms with Gasteiger partial charge >= 0.3 is 5.97 Å². The second-order valence-electron chi connectivity index (χ2n) is 20.1. The molecule has 0 unspecified atom stereocenters. The van der Waals surface area contributed by atoms with Gasteiger partial charge in [0.1, 0.15) is 34.2 Å². The van der Waals surface area contributed by atoms with E-state index in [9.17, 15) is 33.4 Å². The van der Waals surface area contributed by atoms with Crippen molar-refractivity contribution in [1.29, 1.82) is 0 Å². The van der Waals surface area contributed by atoms with E-state index in [1.807, 2.05) is 36.4 Å². The molecule has 5 heterocycles. The Labute approximate surface area is 417 Å². The number of imidazole rings is 1. The number of amides is 2. The summed E-state index contributed by atoms with van der Waals surface area (Å²) in [6.45, 7) is 13.9. The van der Waals surface area contributed by atoms with Crippen LogP contribution >= 0.6 is 0 Å². The lowest BCUT2D eigenvalue weighted by Crippen LogP contribution is -2.51. The highest BCUT2D eigenvalue weighted by Gasteiger charge is 2.49. The van der Waals surface area contributed by atoms with Crippen molar-refractivity contribution in [3.05, 3.63) is 170 Å². The average molecular weight is 989 g/mol. The number of aromatic amines is 1. The number of carbonyl (C=O) groups excluding carboxylic acids is 2. The topological polar surface area (TPSA) is 162 Å². The summed E-state index contributed by atoms with van der Waals surface area (Å²) in [5.74, 6) is -0.728.